The lowest BCUT2D eigenvalue weighted by Crippen LogP contribution is -2.18. The van der Waals surface area contributed by atoms with Gasteiger partial charge in [-0.3, -0.25) is 14.4 Å². The Morgan fingerprint density at radius 3 is 2.38 bits per heavy atom. The van der Waals surface area contributed by atoms with Crippen LogP contribution in [0.25, 0.3) is 29.9 Å². The lowest BCUT2D eigenvalue weighted by atomic mass is 9.85. The fourth-order valence-corrected chi connectivity index (χ4v) is 7.88. The number of ether oxygens (including phenoxy) is 1. The average molecular weight is 675 g/mol. The van der Waals surface area contributed by atoms with Gasteiger partial charge in [0.1, 0.15) is 18.8 Å². The second-order valence-electron chi connectivity index (χ2n) is 13.7. The van der Waals surface area contributed by atoms with E-state index in [9.17, 15) is 19.2 Å². The minimum atomic E-state index is -0.983. The van der Waals surface area contributed by atoms with Crippen molar-refractivity contribution in [2.75, 3.05) is 6.61 Å². The number of ketones is 1. The molecule has 3 atom stereocenters. The Bertz CT molecular complexity index is 2150. The van der Waals surface area contributed by atoms with Crippen LogP contribution in [0.4, 0.5) is 0 Å². The maximum atomic E-state index is 13.9. The van der Waals surface area contributed by atoms with Crippen molar-refractivity contribution in [2.45, 2.75) is 73.6 Å². The lowest BCUT2D eigenvalue weighted by Gasteiger charge is -2.18. The SMILES string of the molecule is C=Cc1c2[nH]c(c1C)/C=C1\N/C(=C3\c4[nH]c(c(C)c4C(=O)[C@@H]3C=O)/C=c3\[nH]/c(c(C=O)c3CC)=C\2)[C@@H](CCC(=O)OC/C=C(\C)CCC)[C@@H]1C. The highest BCUT2D eigenvalue weighted by Crippen LogP contribution is 2.47. The van der Waals surface area contributed by atoms with Crippen LogP contribution in [0.3, 0.4) is 0 Å². The summed E-state index contributed by atoms with van der Waals surface area (Å²) in [6.45, 7) is 16.5. The molecule has 0 spiro atoms. The number of hydrogen-bond donors (Lipinski definition) is 4. The first-order chi connectivity index (χ1) is 24.1. The van der Waals surface area contributed by atoms with Crippen molar-refractivity contribution in [3.63, 3.8) is 0 Å². The van der Waals surface area contributed by atoms with Crippen molar-refractivity contribution < 1.29 is 23.9 Å². The van der Waals surface area contributed by atoms with Crippen LogP contribution >= 0.6 is 0 Å². The van der Waals surface area contributed by atoms with Gasteiger partial charge in [0.05, 0.1) is 11.0 Å². The van der Waals surface area contributed by atoms with Gasteiger partial charge in [0, 0.05) is 74.3 Å². The molecule has 1 fully saturated rings. The Hall–Kier alpha value is -5.18. The van der Waals surface area contributed by atoms with E-state index in [4.69, 9.17) is 4.74 Å². The molecule has 260 valence electrons. The van der Waals surface area contributed by atoms with Gasteiger partial charge in [0.2, 0.25) is 0 Å². The summed E-state index contributed by atoms with van der Waals surface area (Å²) < 4.78 is 5.58. The van der Waals surface area contributed by atoms with Gasteiger partial charge in [-0.1, -0.05) is 45.4 Å². The van der Waals surface area contributed by atoms with Gasteiger partial charge in [-0.2, -0.15) is 0 Å². The molecule has 0 radical (unpaired) electrons. The molecule has 3 aromatic heterocycles. The minimum Gasteiger partial charge on any atom is -0.461 e. The summed E-state index contributed by atoms with van der Waals surface area (Å²) in [5.74, 6) is -1.80. The lowest BCUT2D eigenvalue weighted by molar-refractivity contribution is -0.142. The van der Waals surface area contributed by atoms with Crippen molar-refractivity contribution in [2.24, 2.45) is 17.8 Å². The van der Waals surface area contributed by atoms with Gasteiger partial charge in [-0.25, -0.2) is 0 Å². The van der Waals surface area contributed by atoms with Crippen molar-refractivity contribution in [3.8, 4) is 0 Å². The average Bonchev–Trinajstić information content (AvgIpc) is 3.84. The summed E-state index contributed by atoms with van der Waals surface area (Å²) in [7, 11) is 0. The van der Waals surface area contributed by atoms with E-state index >= 15 is 0 Å². The number of allylic oxidation sites excluding steroid dienone is 4. The fraction of sp³-hybridized carbons (Fsp3) is 0.366. The van der Waals surface area contributed by atoms with Gasteiger partial charge in [-0.15, -0.1) is 0 Å². The number of hydrogen-bond acceptors (Lipinski definition) is 6. The van der Waals surface area contributed by atoms with Crippen molar-refractivity contribution in [3.05, 3.63) is 96.5 Å². The third kappa shape index (κ3) is 5.88. The number of rotatable bonds is 11. The quantitative estimate of drug-likeness (QED) is 0.0857. The Labute approximate surface area is 292 Å². The van der Waals surface area contributed by atoms with Gasteiger partial charge < -0.3 is 29.8 Å². The number of H-pyrrole nitrogens is 3. The monoisotopic (exact) mass is 674 g/mol. The summed E-state index contributed by atoms with van der Waals surface area (Å²) in [6.07, 6.45) is 14.6. The Morgan fingerprint density at radius 2 is 1.70 bits per heavy atom. The molecule has 1 aliphatic carbocycles. The topological polar surface area (TPSA) is 137 Å². The summed E-state index contributed by atoms with van der Waals surface area (Å²) in [4.78, 5) is 62.6. The van der Waals surface area contributed by atoms with Crippen LogP contribution in [0.5, 0.6) is 0 Å². The number of aromatic nitrogens is 3. The first-order valence-electron chi connectivity index (χ1n) is 17.6. The molecule has 0 unspecified atom stereocenters. The maximum Gasteiger partial charge on any atom is 0.306 e. The van der Waals surface area contributed by atoms with E-state index in [-0.39, 0.29) is 36.6 Å². The number of Topliss-reactive ketones (excluding diaryl/α,β-unsaturated/α-hetero) is 1. The standard InChI is InChI=1S/C41H46N4O5/c1-8-11-21(4)14-15-50-36(48)13-12-27-23(6)31-16-30-22(5)25(9-2)33(42-30)18-35-28(19-46)26(10-3)34(43-35)17-32-24(7)37-40(45-32)38(39(27)44-31)29(20-47)41(37)49/h9,14,16-20,23,27,29,42-45H,2,8,10-13,15H2,1,3-7H3/b21-14+,31-16-,34-17-,35-18-,39-38-/t23-,27-,29+/m0/s1. The van der Waals surface area contributed by atoms with Crippen LogP contribution < -0.4 is 16.0 Å². The summed E-state index contributed by atoms with van der Waals surface area (Å²) in [5.41, 5.74) is 11.0. The molecule has 50 heavy (non-hydrogen) atoms. The van der Waals surface area contributed by atoms with E-state index in [0.717, 1.165) is 81.5 Å². The molecule has 4 N–H and O–H groups in total. The number of carbonyl (C=O) groups excluding carboxylic acids is 4. The zero-order valence-corrected chi connectivity index (χ0v) is 29.8. The second kappa shape index (κ2) is 14.0. The predicted molar refractivity (Wildman–Crippen MR) is 197 cm³/mol. The highest BCUT2D eigenvalue weighted by atomic mass is 16.5. The molecule has 6 rings (SSSR count). The first-order valence-corrected chi connectivity index (χ1v) is 17.6. The Kier molecular flexibility index (Phi) is 9.69. The third-order valence-electron chi connectivity index (χ3n) is 10.7. The molecule has 0 saturated carbocycles. The van der Waals surface area contributed by atoms with Crippen LogP contribution in [0.2, 0.25) is 0 Å². The summed E-state index contributed by atoms with van der Waals surface area (Å²) in [6, 6.07) is 0. The molecule has 0 amide bonds. The smallest absolute Gasteiger partial charge is 0.306 e. The molecule has 2 aliphatic heterocycles. The van der Waals surface area contributed by atoms with E-state index in [1.807, 2.05) is 45.9 Å². The van der Waals surface area contributed by atoms with Crippen LogP contribution in [-0.2, 0) is 20.7 Å². The molecule has 9 heteroatoms. The molecule has 1 saturated heterocycles. The molecule has 3 aromatic rings. The molecule has 9 nitrogen and oxygen atoms in total. The second-order valence-corrected chi connectivity index (χ2v) is 13.7. The minimum absolute atomic E-state index is 0.0807. The van der Waals surface area contributed by atoms with Crippen LogP contribution in [-0.4, -0.2) is 45.9 Å². The highest BCUT2D eigenvalue weighted by Gasteiger charge is 2.45. The summed E-state index contributed by atoms with van der Waals surface area (Å²) >= 11 is 0. The zero-order valence-electron chi connectivity index (χ0n) is 29.8. The van der Waals surface area contributed by atoms with Crippen LogP contribution in [0.15, 0.2) is 29.6 Å². The molecule has 5 heterocycles. The molecular weight excluding hydrogens is 628 g/mol. The van der Waals surface area contributed by atoms with E-state index in [2.05, 4.69) is 46.8 Å². The van der Waals surface area contributed by atoms with Crippen LogP contribution in [0, 0.1) is 31.6 Å². The maximum absolute atomic E-state index is 13.9. The molecule has 8 bridgehead atoms. The third-order valence-corrected chi connectivity index (χ3v) is 10.7. The Morgan fingerprint density at radius 1 is 0.960 bits per heavy atom. The number of esters is 1. The van der Waals surface area contributed by atoms with Crippen molar-refractivity contribution >= 4 is 54.2 Å². The Balaban J connectivity index is 1.55. The first kappa shape index (κ1) is 34.7. The van der Waals surface area contributed by atoms with Gasteiger partial charge >= 0.3 is 5.97 Å². The van der Waals surface area contributed by atoms with E-state index in [1.165, 1.54) is 5.57 Å². The molecule has 3 aliphatic rings. The van der Waals surface area contributed by atoms with E-state index in [0.29, 0.717) is 40.6 Å². The van der Waals surface area contributed by atoms with E-state index in [1.54, 1.807) is 6.08 Å². The van der Waals surface area contributed by atoms with Crippen molar-refractivity contribution in [1.82, 2.24) is 20.3 Å². The van der Waals surface area contributed by atoms with Gasteiger partial charge in [-0.05, 0) is 81.0 Å². The van der Waals surface area contributed by atoms with Crippen molar-refractivity contribution in [1.29, 1.82) is 0 Å². The van der Waals surface area contributed by atoms with Gasteiger partial charge in [0.25, 0.3) is 0 Å². The van der Waals surface area contributed by atoms with Crippen LogP contribution in [0.1, 0.15) is 119 Å². The summed E-state index contributed by atoms with van der Waals surface area (Å²) in [5, 5.41) is 5.07. The normalized spacial score (nSPS) is 23.3. The number of fused-ring (bicyclic) bond motifs is 7. The van der Waals surface area contributed by atoms with Gasteiger partial charge in [0.15, 0.2) is 12.1 Å². The van der Waals surface area contributed by atoms with E-state index < -0.39 is 5.92 Å². The number of carbonyl (C=O) groups is 4. The number of nitrogens with one attached hydrogen (secondary N) is 4. The predicted octanol–water partition coefficient (Wildman–Crippen LogP) is 5.97. The zero-order chi connectivity index (χ0) is 35.9. The molecule has 0 aromatic carbocycles. The molecular formula is C41H46N4O5. The largest absolute Gasteiger partial charge is 0.461 e. The highest BCUT2D eigenvalue weighted by molar-refractivity contribution is 6.22. The fourth-order valence-electron chi connectivity index (χ4n) is 7.88. The number of aromatic amines is 3. The number of aldehydes is 2.